The lowest BCUT2D eigenvalue weighted by Crippen LogP contribution is -2.34. The topological polar surface area (TPSA) is 66.4 Å². The van der Waals surface area contributed by atoms with E-state index in [0.29, 0.717) is 18.1 Å². The third kappa shape index (κ3) is 2.87. The lowest BCUT2D eigenvalue weighted by Gasteiger charge is -2.18. The highest BCUT2D eigenvalue weighted by Crippen LogP contribution is 2.33. The highest BCUT2D eigenvalue weighted by Gasteiger charge is 2.35. The molecule has 0 spiro atoms. The largest absolute Gasteiger partial charge is 0.391 e. The van der Waals surface area contributed by atoms with Gasteiger partial charge in [0.15, 0.2) is 0 Å². The monoisotopic (exact) mass is 339 g/mol. The molecule has 4 nitrogen and oxygen atoms in total. The fourth-order valence-electron chi connectivity index (χ4n) is 2.78. The molecule has 2 atom stereocenters. The first-order chi connectivity index (χ1) is 10.8. The molecule has 7 heteroatoms. The quantitative estimate of drug-likeness (QED) is 0.901. The van der Waals surface area contributed by atoms with Crippen LogP contribution < -0.4 is 4.72 Å². The van der Waals surface area contributed by atoms with Crippen molar-refractivity contribution < 1.29 is 22.3 Å². The lowest BCUT2D eigenvalue weighted by molar-refractivity contribution is 0.151. The van der Waals surface area contributed by atoms with E-state index in [4.69, 9.17) is 0 Å². The Labute approximate surface area is 132 Å². The van der Waals surface area contributed by atoms with Crippen molar-refractivity contribution in [3.05, 3.63) is 64.7 Å². The molecule has 2 aromatic carbocycles. The highest BCUT2D eigenvalue weighted by atomic mass is 32.2. The average Bonchev–Trinajstić information content (AvgIpc) is 2.78. The van der Waals surface area contributed by atoms with Crippen LogP contribution in [0.2, 0.25) is 0 Å². The molecule has 1 aliphatic rings. The van der Waals surface area contributed by atoms with Gasteiger partial charge in [-0.3, -0.25) is 0 Å². The van der Waals surface area contributed by atoms with Crippen LogP contribution in [-0.4, -0.2) is 19.6 Å². The smallest absolute Gasteiger partial charge is 0.244 e. The molecule has 0 aliphatic heterocycles. The van der Waals surface area contributed by atoms with Crippen molar-refractivity contribution >= 4 is 10.0 Å². The summed E-state index contributed by atoms with van der Waals surface area (Å²) in [6.07, 6.45) is -0.658. The Kier molecular flexibility index (Phi) is 3.95. The van der Waals surface area contributed by atoms with Crippen LogP contribution in [0, 0.1) is 18.6 Å². The van der Waals surface area contributed by atoms with Gasteiger partial charge in [0, 0.05) is 6.42 Å². The van der Waals surface area contributed by atoms with Crippen molar-refractivity contribution in [2.45, 2.75) is 30.4 Å². The molecule has 1 aliphatic carbocycles. The predicted molar refractivity (Wildman–Crippen MR) is 80.3 cm³/mol. The number of fused-ring (bicyclic) bond motifs is 1. The number of benzene rings is 2. The van der Waals surface area contributed by atoms with Gasteiger partial charge in [-0.15, -0.1) is 0 Å². The zero-order valence-electron chi connectivity index (χ0n) is 12.3. The summed E-state index contributed by atoms with van der Waals surface area (Å²) in [4.78, 5) is -0.766. The van der Waals surface area contributed by atoms with Crippen LogP contribution in [0.3, 0.4) is 0 Å². The Morgan fingerprint density at radius 3 is 2.61 bits per heavy atom. The second-order valence-electron chi connectivity index (χ2n) is 5.60. The zero-order chi connectivity index (χ0) is 16.8. The van der Waals surface area contributed by atoms with E-state index in [2.05, 4.69) is 4.72 Å². The summed E-state index contributed by atoms with van der Waals surface area (Å²) in [6.45, 7) is 1.35. The SMILES string of the molecule is Cc1cc(F)c(S(=O)(=O)N[C@H]2c3ccccc3C[C@H]2O)cc1F. The Morgan fingerprint density at radius 2 is 1.87 bits per heavy atom. The van der Waals surface area contributed by atoms with Gasteiger partial charge in [0.05, 0.1) is 12.1 Å². The van der Waals surface area contributed by atoms with Crippen LogP contribution in [0.5, 0.6) is 0 Å². The summed E-state index contributed by atoms with van der Waals surface area (Å²) in [5.74, 6) is -1.84. The van der Waals surface area contributed by atoms with Gasteiger partial charge in [-0.25, -0.2) is 21.9 Å². The number of rotatable bonds is 3. The van der Waals surface area contributed by atoms with Gasteiger partial charge in [0.1, 0.15) is 16.5 Å². The second-order valence-corrected chi connectivity index (χ2v) is 7.28. The molecule has 0 radical (unpaired) electrons. The molecular weight excluding hydrogens is 324 g/mol. The van der Waals surface area contributed by atoms with Crippen LogP contribution in [0.4, 0.5) is 8.78 Å². The molecule has 0 unspecified atom stereocenters. The number of sulfonamides is 1. The number of nitrogens with one attached hydrogen (secondary N) is 1. The predicted octanol–water partition coefficient (Wildman–Crippen LogP) is 2.21. The van der Waals surface area contributed by atoms with Crippen LogP contribution in [0.25, 0.3) is 0 Å². The van der Waals surface area contributed by atoms with Crippen molar-refractivity contribution in [3.8, 4) is 0 Å². The molecule has 0 heterocycles. The summed E-state index contributed by atoms with van der Waals surface area (Å²) in [7, 11) is -4.31. The van der Waals surface area contributed by atoms with E-state index >= 15 is 0 Å². The molecule has 0 saturated heterocycles. The lowest BCUT2D eigenvalue weighted by atomic mass is 10.1. The molecule has 122 valence electrons. The molecule has 23 heavy (non-hydrogen) atoms. The van der Waals surface area contributed by atoms with Crippen LogP contribution in [0.1, 0.15) is 22.7 Å². The maximum Gasteiger partial charge on any atom is 0.244 e. The molecular formula is C16H15F2NO3S. The summed E-state index contributed by atoms with van der Waals surface area (Å²) in [5.41, 5.74) is 1.48. The number of aliphatic hydroxyl groups excluding tert-OH is 1. The third-order valence-corrected chi connectivity index (χ3v) is 5.44. The van der Waals surface area contributed by atoms with Crippen molar-refractivity contribution in [2.24, 2.45) is 0 Å². The van der Waals surface area contributed by atoms with E-state index in [1.807, 2.05) is 0 Å². The fraction of sp³-hybridized carbons (Fsp3) is 0.250. The van der Waals surface area contributed by atoms with Crippen molar-refractivity contribution in [1.29, 1.82) is 0 Å². The molecule has 3 rings (SSSR count). The highest BCUT2D eigenvalue weighted by molar-refractivity contribution is 7.89. The fourth-order valence-corrected chi connectivity index (χ4v) is 4.10. The van der Waals surface area contributed by atoms with Gasteiger partial charge in [-0.2, -0.15) is 0 Å². The maximum atomic E-state index is 13.9. The molecule has 0 amide bonds. The average molecular weight is 339 g/mol. The molecule has 0 bridgehead atoms. The van der Waals surface area contributed by atoms with E-state index in [1.54, 1.807) is 24.3 Å². The first-order valence-corrected chi connectivity index (χ1v) is 8.52. The first kappa shape index (κ1) is 16.0. The molecule has 0 fully saturated rings. The van der Waals surface area contributed by atoms with Gasteiger partial charge < -0.3 is 5.11 Å². The Morgan fingerprint density at radius 1 is 1.17 bits per heavy atom. The summed E-state index contributed by atoms with van der Waals surface area (Å²) < 4.78 is 54.6. The van der Waals surface area contributed by atoms with Crippen LogP contribution in [0.15, 0.2) is 41.3 Å². The van der Waals surface area contributed by atoms with E-state index in [1.165, 1.54) is 6.92 Å². The van der Waals surface area contributed by atoms with E-state index in [-0.39, 0.29) is 5.56 Å². The molecule has 0 saturated carbocycles. The number of aryl methyl sites for hydroxylation is 1. The summed E-state index contributed by atoms with van der Waals surface area (Å²) >= 11 is 0. The van der Waals surface area contributed by atoms with Gasteiger partial charge in [0.2, 0.25) is 10.0 Å². The van der Waals surface area contributed by atoms with Gasteiger partial charge in [-0.1, -0.05) is 24.3 Å². The molecule has 2 N–H and O–H groups in total. The number of hydrogen-bond donors (Lipinski definition) is 2. The second kappa shape index (κ2) is 5.67. The molecule has 2 aromatic rings. The standard InChI is InChI=1S/C16H15F2NO3S/c1-9-6-13(18)15(8-12(9)17)23(21,22)19-16-11-5-3-2-4-10(11)7-14(16)20/h2-6,8,14,16,19-20H,7H2,1H3/t14-,16+/m1/s1. The van der Waals surface area contributed by atoms with Crippen molar-refractivity contribution in [2.75, 3.05) is 0 Å². The number of halogens is 2. The van der Waals surface area contributed by atoms with Crippen molar-refractivity contribution in [3.63, 3.8) is 0 Å². The van der Waals surface area contributed by atoms with Gasteiger partial charge >= 0.3 is 0 Å². The Bertz CT molecular complexity index is 868. The Hall–Kier alpha value is -1.83. The van der Waals surface area contributed by atoms with E-state index in [0.717, 1.165) is 11.6 Å². The Balaban J connectivity index is 1.98. The minimum atomic E-state index is -4.31. The summed E-state index contributed by atoms with van der Waals surface area (Å²) in [6, 6.07) is 7.61. The van der Waals surface area contributed by atoms with Gasteiger partial charge in [0.25, 0.3) is 0 Å². The summed E-state index contributed by atoms with van der Waals surface area (Å²) in [5, 5.41) is 10.1. The van der Waals surface area contributed by atoms with E-state index in [9.17, 15) is 22.3 Å². The number of aliphatic hydroxyl groups is 1. The molecule has 0 aromatic heterocycles. The maximum absolute atomic E-state index is 13.9. The first-order valence-electron chi connectivity index (χ1n) is 7.03. The minimum Gasteiger partial charge on any atom is -0.391 e. The van der Waals surface area contributed by atoms with Crippen LogP contribution >= 0.6 is 0 Å². The normalized spacial score (nSPS) is 20.5. The minimum absolute atomic E-state index is 0.0210. The van der Waals surface area contributed by atoms with E-state index < -0.39 is 38.7 Å². The third-order valence-electron chi connectivity index (χ3n) is 3.99. The number of hydrogen-bond acceptors (Lipinski definition) is 3. The van der Waals surface area contributed by atoms with Gasteiger partial charge in [-0.05, 0) is 35.7 Å². The van der Waals surface area contributed by atoms with Crippen molar-refractivity contribution in [1.82, 2.24) is 4.72 Å². The van der Waals surface area contributed by atoms with Crippen LogP contribution in [-0.2, 0) is 16.4 Å². The zero-order valence-corrected chi connectivity index (χ0v) is 13.1.